The number of rotatable bonds is 0. The number of methoxy groups -OCH3 is 1. The third-order valence-corrected chi connectivity index (χ3v) is 0. The molecule has 0 atom stereocenters. The fourth-order valence-corrected chi connectivity index (χ4v) is 0. The van der Waals surface area contributed by atoms with Gasteiger partial charge in [0.2, 0.25) is 0 Å². The Balaban J connectivity index is -0.0000000351. The number of hydrogen-bond donors (Lipinski definition) is 4. The van der Waals surface area contributed by atoms with Gasteiger partial charge >= 0.3 is 0 Å². The normalized spacial score (nSPS) is 6.18. The summed E-state index contributed by atoms with van der Waals surface area (Å²) in [5.41, 5.74) is 0. The summed E-state index contributed by atoms with van der Waals surface area (Å²) in [5.74, 6) is -3.33. The summed E-state index contributed by atoms with van der Waals surface area (Å²) in [6.07, 6.45) is 1.25. The zero-order chi connectivity index (χ0) is 19.7. The fraction of sp³-hybridized carbons (Fsp3) is 0.692. The van der Waals surface area contributed by atoms with Crippen molar-refractivity contribution in [1.82, 2.24) is 0 Å². The average Bonchev–Trinajstić information content (AvgIpc) is 2.13. The van der Waals surface area contributed by atoms with Gasteiger partial charge in [-0.2, -0.15) is 0 Å². The van der Waals surface area contributed by atoms with Gasteiger partial charge in [0, 0.05) is 41.9 Å². The van der Waals surface area contributed by atoms with E-state index < -0.39 is 23.9 Å². The lowest BCUT2D eigenvalue weighted by Gasteiger charge is -1.61. The molecule has 0 aliphatic carbocycles. The number of ether oxygens (including phenoxy) is 1. The molecule has 0 aliphatic rings. The van der Waals surface area contributed by atoms with Crippen molar-refractivity contribution in [3.63, 3.8) is 0 Å². The molecule has 136 valence electrons. The van der Waals surface area contributed by atoms with E-state index in [0.29, 0.717) is 0 Å². The largest absolute Gasteiger partial charge is 0.481 e. The lowest BCUT2D eigenvalue weighted by atomic mass is 10.6. The summed E-state index contributed by atoms with van der Waals surface area (Å²) < 4.78 is 4.25. The van der Waals surface area contributed by atoms with E-state index in [2.05, 4.69) is 18.6 Å². The second-order valence-electron chi connectivity index (χ2n) is 3.19. The van der Waals surface area contributed by atoms with Crippen molar-refractivity contribution in [2.75, 3.05) is 14.2 Å². The molecule has 0 aromatic carbocycles. The maximum atomic E-state index is 9.00. The van der Waals surface area contributed by atoms with Gasteiger partial charge in [-0.3, -0.25) is 19.2 Å². The SMILES string of the molecule is CC(=O)O.CC(=O)O.CC(=O)O.CC(=O)O.CCC.COC. The molecule has 0 fully saturated rings. The van der Waals surface area contributed by atoms with Crippen LogP contribution in [0.25, 0.3) is 0 Å². The molecular weight excluding hydrogens is 300 g/mol. The molecule has 0 spiro atoms. The molecule has 4 N–H and O–H groups in total. The lowest BCUT2D eigenvalue weighted by Crippen LogP contribution is -1.78. The van der Waals surface area contributed by atoms with E-state index in [1.54, 1.807) is 14.2 Å². The first-order valence-corrected chi connectivity index (χ1v) is 5.94. The van der Waals surface area contributed by atoms with Crippen LogP contribution in [0.5, 0.6) is 0 Å². The average molecular weight is 330 g/mol. The first-order valence-electron chi connectivity index (χ1n) is 5.94. The minimum Gasteiger partial charge on any atom is -0.481 e. The van der Waals surface area contributed by atoms with Crippen LogP contribution < -0.4 is 0 Å². The Morgan fingerprint density at radius 1 is 0.636 bits per heavy atom. The molecule has 0 saturated carbocycles. The number of hydrogen-bond acceptors (Lipinski definition) is 5. The van der Waals surface area contributed by atoms with Crippen LogP contribution in [0.3, 0.4) is 0 Å². The van der Waals surface area contributed by atoms with E-state index in [9.17, 15) is 0 Å². The van der Waals surface area contributed by atoms with Crippen LogP contribution >= 0.6 is 0 Å². The van der Waals surface area contributed by atoms with Gasteiger partial charge in [0.25, 0.3) is 23.9 Å². The van der Waals surface area contributed by atoms with Crippen LogP contribution in [0.15, 0.2) is 0 Å². The van der Waals surface area contributed by atoms with E-state index in [-0.39, 0.29) is 0 Å². The number of aliphatic carboxylic acids is 4. The third kappa shape index (κ3) is 1080. The van der Waals surface area contributed by atoms with Crippen LogP contribution in [-0.4, -0.2) is 58.5 Å². The summed E-state index contributed by atoms with van der Waals surface area (Å²) >= 11 is 0. The van der Waals surface area contributed by atoms with Gasteiger partial charge in [0.15, 0.2) is 0 Å². The molecule has 0 radical (unpaired) electrons. The highest BCUT2D eigenvalue weighted by Gasteiger charge is 1.66. The maximum Gasteiger partial charge on any atom is 0.300 e. The molecule has 9 nitrogen and oxygen atoms in total. The number of carboxylic acids is 4. The highest BCUT2D eigenvalue weighted by Crippen LogP contribution is 1.56. The third-order valence-electron chi connectivity index (χ3n) is 0. The topological polar surface area (TPSA) is 158 Å². The Hall–Kier alpha value is -2.16. The predicted octanol–water partition coefficient (Wildman–Crippen LogP) is 2.04. The van der Waals surface area contributed by atoms with Crippen LogP contribution in [0, 0.1) is 0 Å². The maximum absolute atomic E-state index is 9.00. The zero-order valence-corrected chi connectivity index (χ0v) is 14.5. The van der Waals surface area contributed by atoms with Gasteiger partial charge in [-0.1, -0.05) is 20.3 Å². The first kappa shape index (κ1) is 36.8. The zero-order valence-electron chi connectivity index (χ0n) is 14.5. The quantitative estimate of drug-likeness (QED) is 0.521. The van der Waals surface area contributed by atoms with Gasteiger partial charge in [0.1, 0.15) is 0 Å². The fourth-order valence-electron chi connectivity index (χ4n) is 0. The van der Waals surface area contributed by atoms with E-state index in [0.717, 1.165) is 27.7 Å². The molecule has 0 bridgehead atoms. The molecule has 0 aromatic heterocycles. The Labute approximate surface area is 131 Å². The second kappa shape index (κ2) is 42.8. The van der Waals surface area contributed by atoms with Crippen LogP contribution in [0.1, 0.15) is 48.0 Å². The van der Waals surface area contributed by atoms with Crippen molar-refractivity contribution >= 4 is 23.9 Å². The molecule has 0 heterocycles. The van der Waals surface area contributed by atoms with Crippen molar-refractivity contribution < 1.29 is 44.3 Å². The van der Waals surface area contributed by atoms with Gasteiger partial charge in [-0.15, -0.1) is 0 Å². The summed E-state index contributed by atoms with van der Waals surface area (Å²) in [6, 6.07) is 0. The molecule has 0 saturated heterocycles. The van der Waals surface area contributed by atoms with Crippen molar-refractivity contribution in [3.05, 3.63) is 0 Å². The van der Waals surface area contributed by atoms with Gasteiger partial charge < -0.3 is 25.2 Å². The molecule has 22 heavy (non-hydrogen) atoms. The van der Waals surface area contributed by atoms with E-state index in [1.807, 2.05) is 0 Å². The highest BCUT2D eigenvalue weighted by molar-refractivity contribution is 5.63. The van der Waals surface area contributed by atoms with Crippen molar-refractivity contribution in [2.24, 2.45) is 0 Å². The Bertz CT molecular complexity index is 184. The monoisotopic (exact) mass is 330 g/mol. The minimum absolute atomic E-state index is 0.833. The van der Waals surface area contributed by atoms with Gasteiger partial charge in [-0.05, 0) is 0 Å². The van der Waals surface area contributed by atoms with Crippen LogP contribution in [-0.2, 0) is 23.9 Å². The first-order chi connectivity index (χ1) is 9.76. The molecule has 0 unspecified atom stereocenters. The summed E-state index contributed by atoms with van der Waals surface area (Å²) in [4.78, 5) is 36.0. The van der Waals surface area contributed by atoms with Crippen LogP contribution in [0.4, 0.5) is 0 Å². The summed E-state index contributed by atoms with van der Waals surface area (Å²) in [7, 11) is 3.25. The summed E-state index contributed by atoms with van der Waals surface area (Å²) in [6.45, 7) is 8.58. The molecule has 0 aromatic rings. The Morgan fingerprint density at radius 3 is 0.636 bits per heavy atom. The molecule has 0 amide bonds. The molecule has 0 rings (SSSR count). The molecule has 0 aliphatic heterocycles. The van der Waals surface area contributed by atoms with E-state index >= 15 is 0 Å². The van der Waals surface area contributed by atoms with E-state index in [4.69, 9.17) is 39.6 Å². The Morgan fingerprint density at radius 2 is 0.636 bits per heavy atom. The Kier molecular flexibility index (Phi) is 71.5. The summed E-state index contributed by atoms with van der Waals surface area (Å²) in [5, 5.41) is 29.7. The van der Waals surface area contributed by atoms with Crippen LogP contribution in [0.2, 0.25) is 0 Å². The standard InChI is InChI=1S/C3H8.4C2H4O2.C2H6O/c1-3-2;4*1-2(3)4;1-3-2/h3H2,1-2H3;4*1H3,(H,3,4);1-2H3. The highest BCUT2D eigenvalue weighted by atomic mass is 16.4. The lowest BCUT2D eigenvalue weighted by molar-refractivity contribution is -0.135. The number of carboxylic acid groups (broad SMARTS) is 4. The number of carbonyl (C=O) groups is 4. The second-order valence-corrected chi connectivity index (χ2v) is 3.19. The van der Waals surface area contributed by atoms with Gasteiger partial charge in [-0.25, -0.2) is 0 Å². The molecule has 9 heteroatoms. The minimum atomic E-state index is -0.833. The predicted molar refractivity (Wildman–Crippen MR) is 82.1 cm³/mol. The van der Waals surface area contributed by atoms with Crippen molar-refractivity contribution in [3.8, 4) is 0 Å². The smallest absolute Gasteiger partial charge is 0.300 e. The van der Waals surface area contributed by atoms with E-state index in [1.165, 1.54) is 6.42 Å². The van der Waals surface area contributed by atoms with Gasteiger partial charge in [0.05, 0.1) is 0 Å². The van der Waals surface area contributed by atoms with Crippen molar-refractivity contribution in [1.29, 1.82) is 0 Å². The molecular formula is C13H30O9. The van der Waals surface area contributed by atoms with Crippen molar-refractivity contribution in [2.45, 2.75) is 48.0 Å².